The fraction of sp³-hybridized carbons (Fsp3) is 0.500. The van der Waals surface area contributed by atoms with Crippen LogP contribution in [0, 0.1) is 0 Å². The van der Waals surface area contributed by atoms with Gasteiger partial charge in [0.1, 0.15) is 5.75 Å². The molecule has 3 nitrogen and oxygen atoms in total. The Balaban J connectivity index is 2.36. The van der Waals surface area contributed by atoms with Crippen LogP contribution in [-0.2, 0) is 5.54 Å². The number of rotatable bonds is 1. The smallest absolute Gasteiger partial charge is 0.122 e. The number of hydrogen-bond acceptors (Lipinski definition) is 3. The Labute approximate surface area is 99.8 Å². The zero-order valence-corrected chi connectivity index (χ0v) is 9.74. The monoisotopic (exact) mass is 241 g/mol. The van der Waals surface area contributed by atoms with Crippen LogP contribution in [-0.4, -0.2) is 16.3 Å². The molecule has 0 spiro atoms. The summed E-state index contributed by atoms with van der Waals surface area (Å²) in [5.74, 6) is 0.145. The third-order valence-corrected chi connectivity index (χ3v) is 3.65. The van der Waals surface area contributed by atoms with Gasteiger partial charge in [0.05, 0.1) is 6.10 Å². The first-order valence-corrected chi connectivity index (χ1v) is 5.86. The molecule has 1 fully saturated rings. The van der Waals surface area contributed by atoms with Gasteiger partial charge in [-0.15, -0.1) is 0 Å². The number of phenolic OH excluding ortho intramolecular Hbond substituents is 1. The van der Waals surface area contributed by atoms with Crippen LogP contribution in [0.15, 0.2) is 18.2 Å². The van der Waals surface area contributed by atoms with Gasteiger partial charge in [-0.1, -0.05) is 17.7 Å². The summed E-state index contributed by atoms with van der Waals surface area (Å²) in [6.45, 7) is 0. The van der Waals surface area contributed by atoms with Crippen molar-refractivity contribution in [2.45, 2.75) is 37.3 Å². The minimum absolute atomic E-state index is 0.145. The molecule has 0 radical (unpaired) electrons. The van der Waals surface area contributed by atoms with Gasteiger partial charge < -0.3 is 15.9 Å². The van der Waals surface area contributed by atoms with Crippen molar-refractivity contribution in [2.75, 3.05) is 0 Å². The van der Waals surface area contributed by atoms with Gasteiger partial charge in [-0.2, -0.15) is 0 Å². The van der Waals surface area contributed by atoms with Crippen LogP contribution in [0.5, 0.6) is 5.75 Å². The molecule has 0 aliphatic heterocycles. The Kier molecular flexibility index (Phi) is 3.10. The Bertz CT molecular complexity index is 366. The van der Waals surface area contributed by atoms with Crippen molar-refractivity contribution in [1.29, 1.82) is 0 Å². The summed E-state index contributed by atoms with van der Waals surface area (Å²) in [6, 6.07) is 5.03. The summed E-state index contributed by atoms with van der Waals surface area (Å²) < 4.78 is 0. The fourth-order valence-corrected chi connectivity index (χ4v) is 2.73. The maximum Gasteiger partial charge on any atom is 0.122 e. The van der Waals surface area contributed by atoms with E-state index in [1.54, 1.807) is 18.2 Å². The lowest BCUT2D eigenvalue weighted by Crippen LogP contribution is -2.41. The molecule has 0 heterocycles. The van der Waals surface area contributed by atoms with Crippen LogP contribution in [0.2, 0.25) is 5.02 Å². The number of aliphatic hydroxyl groups is 1. The van der Waals surface area contributed by atoms with Crippen molar-refractivity contribution in [1.82, 2.24) is 0 Å². The second-order valence-electron chi connectivity index (χ2n) is 4.52. The number of benzene rings is 1. The Hall–Kier alpha value is -0.770. The summed E-state index contributed by atoms with van der Waals surface area (Å²) in [4.78, 5) is 0. The summed E-state index contributed by atoms with van der Waals surface area (Å²) in [7, 11) is 0. The van der Waals surface area contributed by atoms with Crippen molar-refractivity contribution in [3.05, 3.63) is 28.8 Å². The van der Waals surface area contributed by atoms with E-state index in [1.807, 2.05) is 0 Å². The van der Waals surface area contributed by atoms with Crippen molar-refractivity contribution in [3.63, 3.8) is 0 Å². The lowest BCUT2D eigenvalue weighted by Gasteiger charge is -2.36. The topological polar surface area (TPSA) is 66.5 Å². The minimum atomic E-state index is -0.609. The van der Waals surface area contributed by atoms with Crippen LogP contribution < -0.4 is 5.73 Å². The predicted octanol–water partition coefficient (Wildman–Crippen LogP) is 2.13. The molecule has 0 atom stereocenters. The SMILES string of the molecule is NC1(c2c(O)cccc2Cl)CCC(O)CC1. The third kappa shape index (κ3) is 2.03. The van der Waals surface area contributed by atoms with Crippen LogP contribution in [0.1, 0.15) is 31.2 Å². The van der Waals surface area contributed by atoms with Crippen molar-refractivity contribution in [2.24, 2.45) is 5.73 Å². The second kappa shape index (κ2) is 4.24. The fourth-order valence-electron chi connectivity index (χ4n) is 2.37. The molecule has 1 aromatic carbocycles. The first-order valence-electron chi connectivity index (χ1n) is 5.48. The van der Waals surface area contributed by atoms with Gasteiger partial charge in [0, 0.05) is 16.1 Å². The summed E-state index contributed by atoms with van der Waals surface area (Å²) in [5.41, 5.74) is 6.29. The summed E-state index contributed by atoms with van der Waals surface area (Å²) >= 11 is 6.09. The standard InChI is InChI=1S/C12H16ClNO2/c13-9-2-1-3-10(16)11(9)12(14)6-4-8(15)5-7-12/h1-3,8,15-16H,4-7,14H2. The molecule has 1 saturated carbocycles. The molecule has 16 heavy (non-hydrogen) atoms. The highest BCUT2D eigenvalue weighted by Crippen LogP contribution is 2.42. The Morgan fingerprint density at radius 2 is 1.94 bits per heavy atom. The van der Waals surface area contributed by atoms with E-state index < -0.39 is 5.54 Å². The average Bonchev–Trinajstić information content (AvgIpc) is 2.23. The number of hydrogen-bond donors (Lipinski definition) is 3. The lowest BCUT2D eigenvalue weighted by atomic mass is 9.76. The normalized spacial score (nSPS) is 30.3. The Morgan fingerprint density at radius 1 is 1.31 bits per heavy atom. The number of nitrogens with two attached hydrogens (primary N) is 1. The molecule has 1 aromatic rings. The first kappa shape index (κ1) is 11.7. The molecule has 4 N–H and O–H groups in total. The van der Waals surface area contributed by atoms with Gasteiger partial charge >= 0.3 is 0 Å². The average molecular weight is 242 g/mol. The number of aromatic hydroxyl groups is 1. The van der Waals surface area contributed by atoms with E-state index in [1.165, 1.54) is 0 Å². The third-order valence-electron chi connectivity index (χ3n) is 3.34. The summed E-state index contributed by atoms with van der Waals surface area (Å²) in [5, 5.41) is 19.8. The van der Waals surface area contributed by atoms with Gasteiger partial charge in [0.15, 0.2) is 0 Å². The molecule has 0 saturated heterocycles. The second-order valence-corrected chi connectivity index (χ2v) is 4.93. The van der Waals surface area contributed by atoms with Crippen LogP contribution in [0.4, 0.5) is 0 Å². The molecular weight excluding hydrogens is 226 g/mol. The first-order chi connectivity index (χ1) is 7.53. The predicted molar refractivity (Wildman–Crippen MR) is 63.5 cm³/mol. The molecule has 4 heteroatoms. The van der Waals surface area contributed by atoms with Gasteiger partial charge in [0.25, 0.3) is 0 Å². The zero-order chi connectivity index (χ0) is 11.8. The van der Waals surface area contributed by atoms with E-state index in [-0.39, 0.29) is 11.9 Å². The quantitative estimate of drug-likeness (QED) is 0.706. The molecule has 88 valence electrons. The minimum Gasteiger partial charge on any atom is -0.508 e. The highest BCUT2D eigenvalue weighted by molar-refractivity contribution is 6.31. The molecule has 0 aromatic heterocycles. The van der Waals surface area contributed by atoms with Crippen molar-refractivity contribution in [3.8, 4) is 5.75 Å². The molecule has 2 rings (SSSR count). The van der Waals surface area contributed by atoms with E-state index in [2.05, 4.69) is 0 Å². The van der Waals surface area contributed by atoms with Crippen LogP contribution >= 0.6 is 11.6 Å². The van der Waals surface area contributed by atoms with Gasteiger partial charge in [-0.3, -0.25) is 0 Å². The largest absolute Gasteiger partial charge is 0.508 e. The van der Waals surface area contributed by atoms with E-state index in [0.29, 0.717) is 36.3 Å². The molecule has 1 aliphatic carbocycles. The van der Waals surface area contributed by atoms with E-state index >= 15 is 0 Å². The highest BCUT2D eigenvalue weighted by atomic mass is 35.5. The van der Waals surface area contributed by atoms with Crippen LogP contribution in [0.25, 0.3) is 0 Å². The maximum absolute atomic E-state index is 9.85. The van der Waals surface area contributed by atoms with Gasteiger partial charge in [-0.25, -0.2) is 0 Å². The van der Waals surface area contributed by atoms with Crippen molar-refractivity contribution < 1.29 is 10.2 Å². The lowest BCUT2D eigenvalue weighted by molar-refractivity contribution is 0.0961. The Morgan fingerprint density at radius 3 is 2.50 bits per heavy atom. The van der Waals surface area contributed by atoms with Crippen LogP contribution in [0.3, 0.4) is 0 Å². The molecular formula is C12H16ClNO2. The number of halogens is 1. The number of aliphatic hydroxyl groups excluding tert-OH is 1. The van der Waals surface area contributed by atoms with E-state index in [4.69, 9.17) is 17.3 Å². The molecule has 1 aliphatic rings. The zero-order valence-electron chi connectivity index (χ0n) is 8.99. The van der Waals surface area contributed by atoms with Gasteiger partial charge in [-0.05, 0) is 37.8 Å². The number of phenols is 1. The molecule has 0 amide bonds. The maximum atomic E-state index is 9.85. The van der Waals surface area contributed by atoms with Gasteiger partial charge in [0.2, 0.25) is 0 Å². The molecule has 0 bridgehead atoms. The molecule has 0 unspecified atom stereocenters. The van der Waals surface area contributed by atoms with E-state index in [9.17, 15) is 10.2 Å². The highest BCUT2D eigenvalue weighted by Gasteiger charge is 2.36. The summed E-state index contributed by atoms with van der Waals surface area (Å²) in [6.07, 6.45) is 2.32. The van der Waals surface area contributed by atoms with E-state index in [0.717, 1.165) is 0 Å². The van der Waals surface area contributed by atoms with Crippen molar-refractivity contribution >= 4 is 11.6 Å².